The molecule has 4 nitrogen and oxygen atoms in total. The largest absolute Gasteiger partial charge is 0.337 e. The lowest BCUT2D eigenvalue weighted by atomic mass is 9.96. The average Bonchev–Trinajstić information content (AvgIpc) is 2.46. The molecule has 1 fully saturated rings. The molecule has 120 valence electrons. The number of carbonyl (C=O) groups is 1. The van der Waals surface area contributed by atoms with E-state index in [1.54, 1.807) is 12.3 Å². The van der Waals surface area contributed by atoms with Gasteiger partial charge in [-0.2, -0.15) is 0 Å². The third-order valence-electron chi connectivity index (χ3n) is 3.53. The van der Waals surface area contributed by atoms with Crippen molar-refractivity contribution >= 4 is 46.7 Å². The van der Waals surface area contributed by atoms with Gasteiger partial charge in [-0.15, -0.1) is 24.8 Å². The number of hydrogen-bond donors (Lipinski definition) is 1. The van der Waals surface area contributed by atoms with Crippen LogP contribution in [0.3, 0.4) is 0 Å². The first-order chi connectivity index (χ1) is 9.20. The fraction of sp³-hybridized carbons (Fsp3) is 0.571. The summed E-state index contributed by atoms with van der Waals surface area (Å²) in [6.07, 6.45) is 3.83. The number of likely N-dealkylation sites (tertiary alicyclic amines) is 1. The molecule has 2 heterocycles. The van der Waals surface area contributed by atoms with Gasteiger partial charge in [-0.25, -0.2) is 4.98 Å². The molecule has 1 saturated heterocycles. The summed E-state index contributed by atoms with van der Waals surface area (Å²) >= 11 is 3.33. The van der Waals surface area contributed by atoms with Crippen LogP contribution >= 0.6 is 40.7 Å². The lowest BCUT2D eigenvalue weighted by molar-refractivity contribution is 0.0684. The van der Waals surface area contributed by atoms with E-state index in [0.29, 0.717) is 11.6 Å². The van der Waals surface area contributed by atoms with Gasteiger partial charge in [0.1, 0.15) is 5.69 Å². The predicted octanol–water partition coefficient (Wildman–Crippen LogP) is 3.15. The van der Waals surface area contributed by atoms with E-state index in [2.05, 4.69) is 33.2 Å². The van der Waals surface area contributed by atoms with E-state index in [4.69, 9.17) is 0 Å². The Morgan fingerprint density at radius 2 is 2.05 bits per heavy atom. The van der Waals surface area contributed by atoms with Crippen molar-refractivity contribution in [3.05, 3.63) is 28.5 Å². The van der Waals surface area contributed by atoms with Crippen LogP contribution in [0.25, 0.3) is 0 Å². The topological polar surface area (TPSA) is 45.2 Å². The minimum Gasteiger partial charge on any atom is -0.337 e. The number of nitrogens with one attached hydrogen (secondary N) is 1. The highest BCUT2D eigenvalue weighted by atomic mass is 79.9. The zero-order chi connectivity index (χ0) is 13.7. The van der Waals surface area contributed by atoms with Crippen molar-refractivity contribution in [3.8, 4) is 0 Å². The second-order valence-electron chi connectivity index (χ2n) is 4.90. The molecule has 2 rings (SSSR count). The highest BCUT2D eigenvalue weighted by Gasteiger charge is 2.23. The summed E-state index contributed by atoms with van der Waals surface area (Å²) in [5.41, 5.74) is 0.535. The Hall–Kier alpha value is -0.360. The maximum Gasteiger partial charge on any atom is 0.272 e. The fourth-order valence-electron chi connectivity index (χ4n) is 2.35. The standard InChI is InChI=1S/C14H20BrN3O.2ClH/c1-2-16-9-11-5-7-18(8-6-11)14(19)13-4-3-12(15)10-17-13;;/h3-4,10-11,16H,2,5-9H2,1H3;2*1H. The summed E-state index contributed by atoms with van der Waals surface area (Å²) in [5.74, 6) is 0.747. The van der Waals surface area contributed by atoms with Crippen molar-refractivity contribution in [2.24, 2.45) is 5.92 Å². The fourth-order valence-corrected chi connectivity index (χ4v) is 2.59. The molecule has 1 aromatic heterocycles. The second kappa shape index (κ2) is 10.4. The van der Waals surface area contributed by atoms with Gasteiger partial charge in [-0.05, 0) is 59.9 Å². The van der Waals surface area contributed by atoms with Crippen LogP contribution in [0.4, 0.5) is 0 Å². The molecule has 0 spiro atoms. The number of halogens is 3. The smallest absolute Gasteiger partial charge is 0.272 e. The lowest BCUT2D eigenvalue weighted by Crippen LogP contribution is -2.41. The van der Waals surface area contributed by atoms with Crippen molar-refractivity contribution in [1.82, 2.24) is 15.2 Å². The molecule has 0 aliphatic carbocycles. The van der Waals surface area contributed by atoms with Crippen LogP contribution in [0.1, 0.15) is 30.3 Å². The van der Waals surface area contributed by atoms with Crippen molar-refractivity contribution < 1.29 is 4.79 Å². The van der Waals surface area contributed by atoms with Gasteiger partial charge in [0.25, 0.3) is 5.91 Å². The Morgan fingerprint density at radius 1 is 1.38 bits per heavy atom. The molecule has 0 bridgehead atoms. The highest BCUT2D eigenvalue weighted by molar-refractivity contribution is 9.10. The maximum absolute atomic E-state index is 12.3. The first-order valence-electron chi connectivity index (χ1n) is 6.82. The Balaban J connectivity index is 0.00000200. The Labute approximate surface area is 147 Å². The molecule has 21 heavy (non-hydrogen) atoms. The molecule has 1 aliphatic rings. The molecule has 0 radical (unpaired) electrons. The molecule has 1 amide bonds. The summed E-state index contributed by atoms with van der Waals surface area (Å²) in [4.78, 5) is 18.4. The molecular weight excluding hydrogens is 377 g/mol. The van der Waals surface area contributed by atoms with E-state index >= 15 is 0 Å². The molecule has 7 heteroatoms. The van der Waals surface area contributed by atoms with Gasteiger partial charge in [-0.3, -0.25) is 4.79 Å². The van der Waals surface area contributed by atoms with E-state index < -0.39 is 0 Å². The monoisotopic (exact) mass is 397 g/mol. The van der Waals surface area contributed by atoms with Gasteiger partial charge < -0.3 is 10.2 Å². The average molecular weight is 399 g/mol. The second-order valence-corrected chi connectivity index (χ2v) is 5.82. The van der Waals surface area contributed by atoms with Crippen molar-refractivity contribution in [1.29, 1.82) is 0 Å². The van der Waals surface area contributed by atoms with Crippen molar-refractivity contribution in [3.63, 3.8) is 0 Å². The predicted molar refractivity (Wildman–Crippen MR) is 93.6 cm³/mol. The lowest BCUT2D eigenvalue weighted by Gasteiger charge is -2.31. The number of hydrogen-bond acceptors (Lipinski definition) is 3. The number of rotatable bonds is 4. The third kappa shape index (κ3) is 6.10. The summed E-state index contributed by atoms with van der Waals surface area (Å²) in [6.45, 7) is 5.88. The van der Waals surface area contributed by atoms with Crippen LogP contribution in [0.15, 0.2) is 22.8 Å². The molecule has 0 saturated carbocycles. The summed E-state index contributed by atoms with van der Waals surface area (Å²) in [7, 11) is 0. The maximum atomic E-state index is 12.3. The normalized spacial score (nSPS) is 15.0. The molecule has 1 aromatic rings. The van der Waals surface area contributed by atoms with Gasteiger partial charge in [0.05, 0.1) is 0 Å². The van der Waals surface area contributed by atoms with E-state index in [-0.39, 0.29) is 30.7 Å². The molecule has 0 unspecified atom stereocenters. The summed E-state index contributed by atoms with van der Waals surface area (Å²) in [5, 5.41) is 3.38. The van der Waals surface area contributed by atoms with Gasteiger partial charge in [0.2, 0.25) is 0 Å². The van der Waals surface area contributed by atoms with E-state index in [1.807, 2.05) is 11.0 Å². The van der Waals surface area contributed by atoms with E-state index in [9.17, 15) is 4.79 Å². The Bertz CT molecular complexity index is 423. The summed E-state index contributed by atoms with van der Waals surface area (Å²) < 4.78 is 0.897. The van der Waals surface area contributed by atoms with Gasteiger partial charge in [0, 0.05) is 23.8 Å². The first-order valence-corrected chi connectivity index (χ1v) is 7.61. The Morgan fingerprint density at radius 3 is 2.57 bits per heavy atom. The van der Waals surface area contributed by atoms with Crippen LogP contribution in [0.5, 0.6) is 0 Å². The highest BCUT2D eigenvalue weighted by Crippen LogP contribution is 2.18. The van der Waals surface area contributed by atoms with Crippen LogP contribution in [-0.2, 0) is 0 Å². The van der Waals surface area contributed by atoms with Crippen LogP contribution in [0, 0.1) is 5.92 Å². The number of nitrogens with zero attached hydrogens (tertiary/aromatic N) is 2. The summed E-state index contributed by atoms with van der Waals surface area (Å²) in [6, 6.07) is 3.63. The minimum atomic E-state index is 0. The SMILES string of the molecule is CCNCC1CCN(C(=O)c2ccc(Br)cn2)CC1.Cl.Cl. The number of pyridine rings is 1. The van der Waals surface area contributed by atoms with Gasteiger partial charge in [-0.1, -0.05) is 6.92 Å². The van der Waals surface area contributed by atoms with Crippen LogP contribution < -0.4 is 5.32 Å². The van der Waals surface area contributed by atoms with Crippen LogP contribution in [-0.4, -0.2) is 42.0 Å². The Kier molecular flexibility index (Phi) is 10.2. The zero-order valence-electron chi connectivity index (χ0n) is 12.0. The number of piperidine rings is 1. The van der Waals surface area contributed by atoms with E-state index in [0.717, 1.165) is 43.5 Å². The van der Waals surface area contributed by atoms with Crippen molar-refractivity contribution in [2.75, 3.05) is 26.2 Å². The zero-order valence-corrected chi connectivity index (χ0v) is 15.3. The quantitative estimate of drug-likeness (QED) is 0.847. The molecular formula is C14H22BrCl2N3O. The first kappa shape index (κ1) is 20.6. The van der Waals surface area contributed by atoms with Gasteiger partial charge in [0.15, 0.2) is 0 Å². The third-order valence-corrected chi connectivity index (χ3v) is 4.00. The van der Waals surface area contributed by atoms with Crippen molar-refractivity contribution in [2.45, 2.75) is 19.8 Å². The number of aromatic nitrogens is 1. The molecule has 0 aromatic carbocycles. The number of carbonyl (C=O) groups excluding carboxylic acids is 1. The van der Waals surface area contributed by atoms with Gasteiger partial charge >= 0.3 is 0 Å². The van der Waals surface area contributed by atoms with E-state index in [1.165, 1.54) is 0 Å². The molecule has 1 aliphatic heterocycles. The molecule has 0 atom stereocenters. The molecule has 1 N–H and O–H groups in total. The van der Waals surface area contributed by atoms with Crippen LogP contribution in [0.2, 0.25) is 0 Å². The number of amides is 1. The minimum absolute atomic E-state index is 0.